The van der Waals surface area contributed by atoms with Crippen LogP contribution in [0.3, 0.4) is 0 Å². The maximum Gasteiger partial charge on any atom is 0.244 e. The number of carbonyl (C=O) groups excluding carboxylic acids is 1. The molecule has 0 atom stereocenters. The first kappa shape index (κ1) is 24.7. The lowest BCUT2D eigenvalue weighted by molar-refractivity contribution is -0.116. The van der Waals surface area contributed by atoms with Crippen LogP contribution in [0.1, 0.15) is 27.9 Å². The van der Waals surface area contributed by atoms with Crippen molar-refractivity contribution in [1.29, 1.82) is 0 Å². The lowest BCUT2D eigenvalue weighted by atomic mass is 10.1. The summed E-state index contributed by atoms with van der Waals surface area (Å²) in [7, 11) is -3.51. The highest BCUT2D eigenvalue weighted by Crippen LogP contribution is 2.22. The topological polar surface area (TPSA) is 93.1 Å². The van der Waals surface area contributed by atoms with Crippen molar-refractivity contribution in [3.05, 3.63) is 93.8 Å². The minimum atomic E-state index is -3.51. The molecule has 0 aliphatic heterocycles. The second-order valence-corrected chi connectivity index (χ2v) is 9.97. The number of nitrogens with one attached hydrogen (secondary N) is 2. The van der Waals surface area contributed by atoms with Crippen molar-refractivity contribution >= 4 is 33.6 Å². The van der Waals surface area contributed by atoms with Crippen LogP contribution >= 0.6 is 11.6 Å². The molecule has 0 aliphatic rings. The van der Waals surface area contributed by atoms with Gasteiger partial charge in [-0.15, -0.1) is 0 Å². The highest BCUT2D eigenvalue weighted by molar-refractivity contribution is 7.89. The van der Waals surface area contributed by atoms with Crippen LogP contribution in [-0.4, -0.2) is 36.4 Å². The monoisotopic (exact) mass is 486 g/mol. The number of benzene rings is 2. The Labute approximate surface area is 199 Å². The van der Waals surface area contributed by atoms with Crippen molar-refractivity contribution in [3.63, 3.8) is 0 Å². The fraction of sp³-hybridized carbons (Fsp3) is 0.250. The normalized spacial score (nSPS) is 11.7. The molecule has 3 aromatic rings. The van der Waals surface area contributed by atoms with Gasteiger partial charge < -0.3 is 5.32 Å². The van der Waals surface area contributed by atoms with Gasteiger partial charge in [-0.3, -0.25) is 4.79 Å². The van der Waals surface area contributed by atoms with Gasteiger partial charge in [0.15, 0.2) is 0 Å². The molecule has 0 radical (unpaired) electrons. The largest absolute Gasteiger partial charge is 0.351 e. The molecule has 0 saturated heterocycles. The molecule has 0 unspecified atom stereocenters. The zero-order chi connectivity index (χ0) is 23.8. The molecule has 33 heavy (non-hydrogen) atoms. The van der Waals surface area contributed by atoms with E-state index >= 15 is 0 Å². The Hall–Kier alpha value is -2.94. The van der Waals surface area contributed by atoms with Crippen LogP contribution in [0.25, 0.3) is 6.08 Å². The Kier molecular flexibility index (Phi) is 8.43. The van der Waals surface area contributed by atoms with E-state index in [4.69, 9.17) is 11.6 Å². The smallest absolute Gasteiger partial charge is 0.244 e. The minimum Gasteiger partial charge on any atom is -0.351 e. The Morgan fingerprint density at radius 2 is 1.76 bits per heavy atom. The molecule has 2 N–H and O–H groups in total. The SMILES string of the molecule is Cc1ccc(Cn2nc(C)c(/C=C/C(=O)NCCS(=O)(=O)NCc3ccccc3)c2Cl)cc1. The number of hydrogen-bond donors (Lipinski definition) is 2. The van der Waals surface area contributed by atoms with Crippen molar-refractivity contribution < 1.29 is 13.2 Å². The third kappa shape index (κ3) is 7.56. The molecule has 9 heteroatoms. The molecule has 1 amide bonds. The van der Waals surface area contributed by atoms with Crippen molar-refractivity contribution in [2.45, 2.75) is 26.9 Å². The van der Waals surface area contributed by atoms with Gasteiger partial charge in [-0.05, 0) is 31.1 Å². The lowest BCUT2D eigenvalue weighted by Gasteiger charge is -2.07. The van der Waals surface area contributed by atoms with Gasteiger partial charge >= 0.3 is 0 Å². The molecule has 7 nitrogen and oxygen atoms in total. The number of rotatable bonds is 10. The van der Waals surface area contributed by atoms with E-state index in [2.05, 4.69) is 15.1 Å². The van der Waals surface area contributed by atoms with Crippen LogP contribution in [0, 0.1) is 13.8 Å². The van der Waals surface area contributed by atoms with Crippen LogP contribution in [0.2, 0.25) is 5.15 Å². The number of hydrogen-bond acceptors (Lipinski definition) is 4. The number of carbonyl (C=O) groups is 1. The van der Waals surface area contributed by atoms with E-state index in [1.54, 1.807) is 10.8 Å². The quantitative estimate of drug-likeness (QED) is 0.429. The Bertz CT molecular complexity index is 1220. The molecule has 1 aromatic heterocycles. The zero-order valence-corrected chi connectivity index (χ0v) is 20.2. The predicted molar refractivity (Wildman–Crippen MR) is 131 cm³/mol. The molecule has 1 heterocycles. The zero-order valence-electron chi connectivity index (χ0n) is 18.6. The molecular formula is C24H27ClN4O3S. The molecular weight excluding hydrogens is 460 g/mol. The molecule has 0 saturated carbocycles. The highest BCUT2D eigenvalue weighted by Gasteiger charge is 2.13. The van der Waals surface area contributed by atoms with E-state index in [0.717, 1.165) is 11.1 Å². The van der Waals surface area contributed by atoms with E-state index in [1.807, 2.05) is 68.4 Å². The standard InChI is InChI=1S/C24H27ClN4O3S/c1-18-8-10-21(11-9-18)17-29-24(25)22(19(2)28-29)12-13-23(30)26-14-15-33(31,32)27-16-20-6-4-3-5-7-20/h3-13,27H,14-17H2,1-2H3,(H,26,30)/b13-12+. The van der Waals surface area contributed by atoms with Gasteiger partial charge in [0.2, 0.25) is 15.9 Å². The summed E-state index contributed by atoms with van der Waals surface area (Å²) >= 11 is 6.47. The Balaban J connectivity index is 1.50. The number of sulfonamides is 1. The summed E-state index contributed by atoms with van der Waals surface area (Å²) in [6.45, 7) is 4.57. The highest BCUT2D eigenvalue weighted by atomic mass is 35.5. The number of aryl methyl sites for hydroxylation is 2. The van der Waals surface area contributed by atoms with Gasteiger partial charge in [-0.1, -0.05) is 71.8 Å². The Morgan fingerprint density at radius 3 is 2.45 bits per heavy atom. The van der Waals surface area contributed by atoms with E-state index in [0.29, 0.717) is 23.0 Å². The fourth-order valence-electron chi connectivity index (χ4n) is 3.12. The second-order valence-electron chi connectivity index (χ2n) is 7.68. The average molecular weight is 487 g/mol. The summed E-state index contributed by atoms with van der Waals surface area (Å²) in [5.74, 6) is -0.622. The number of amides is 1. The van der Waals surface area contributed by atoms with Crippen molar-refractivity contribution in [1.82, 2.24) is 19.8 Å². The first-order chi connectivity index (χ1) is 15.7. The van der Waals surface area contributed by atoms with Crippen LogP contribution < -0.4 is 10.0 Å². The Morgan fingerprint density at radius 1 is 1.06 bits per heavy atom. The van der Waals surface area contributed by atoms with Crippen molar-refractivity contribution in [2.75, 3.05) is 12.3 Å². The van der Waals surface area contributed by atoms with Gasteiger partial charge in [-0.2, -0.15) is 5.10 Å². The molecule has 2 aromatic carbocycles. The first-order valence-electron chi connectivity index (χ1n) is 10.5. The van der Waals surface area contributed by atoms with E-state index in [-0.39, 0.29) is 18.8 Å². The van der Waals surface area contributed by atoms with Gasteiger partial charge in [0, 0.05) is 24.7 Å². The van der Waals surface area contributed by atoms with E-state index < -0.39 is 15.9 Å². The molecule has 0 fully saturated rings. The third-order valence-electron chi connectivity index (χ3n) is 4.97. The maximum atomic E-state index is 12.2. The van der Waals surface area contributed by atoms with Crippen LogP contribution in [-0.2, 0) is 27.9 Å². The fourth-order valence-corrected chi connectivity index (χ4v) is 4.31. The first-order valence-corrected chi connectivity index (χ1v) is 12.5. The van der Waals surface area contributed by atoms with Crippen LogP contribution in [0.15, 0.2) is 60.7 Å². The molecule has 0 aliphatic carbocycles. The van der Waals surface area contributed by atoms with Gasteiger partial charge in [0.05, 0.1) is 18.0 Å². The minimum absolute atomic E-state index is 0.00725. The number of nitrogens with zero attached hydrogens (tertiary/aromatic N) is 2. The summed E-state index contributed by atoms with van der Waals surface area (Å²) in [6.07, 6.45) is 2.92. The average Bonchev–Trinajstić information content (AvgIpc) is 3.05. The van der Waals surface area contributed by atoms with E-state index in [1.165, 1.54) is 11.6 Å². The summed E-state index contributed by atoms with van der Waals surface area (Å²) in [5.41, 5.74) is 4.46. The number of halogens is 1. The van der Waals surface area contributed by atoms with E-state index in [9.17, 15) is 13.2 Å². The molecule has 0 spiro atoms. The lowest BCUT2D eigenvalue weighted by Crippen LogP contribution is -2.33. The molecule has 0 bridgehead atoms. The summed E-state index contributed by atoms with van der Waals surface area (Å²) in [5, 5.41) is 7.48. The molecule has 174 valence electrons. The van der Waals surface area contributed by atoms with Gasteiger partial charge in [-0.25, -0.2) is 17.8 Å². The van der Waals surface area contributed by atoms with Crippen molar-refractivity contribution in [3.8, 4) is 0 Å². The molecule has 3 rings (SSSR count). The predicted octanol–water partition coefficient (Wildman–Crippen LogP) is 3.45. The third-order valence-corrected chi connectivity index (χ3v) is 6.70. The number of aromatic nitrogens is 2. The summed E-state index contributed by atoms with van der Waals surface area (Å²) in [4.78, 5) is 12.2. The van der Waals surface area contributed by atoms with Gasteiger partial charge in [0.25, 0.3) is 0 Å². The summed E-state index contributed by atoms with van der Waals surface area (Å²) < 4.78 is 28.4. The van der Waals surface area contributed by atoms with Crippen LogP contribution in [0.4, 0.5) is 0 Å². The van der Waals surface area contributed by atoms with Crippen molar-refractivity contribution in [2.24, 2.45) is 0 Å². The van der Waals surface area contributed by atoms with Crippen LogP contribution in [0.5, 0.6) is 0 Å². The maximum absolute atomic E-state index is 12.2. The van der Waals surface area contributed by atoms with Gasteiger partial charge in [0.1, 0.15) is 5.15 Å². The summed E-state index contributed by atoms with van der Waals surface area (Å²) in [6, 6.07) is 17.3. The second kappa shape index (κ2) is 11.3.